The zero-order chi connectivity index (χ0) is 28.6. The molecule has 0 aromatic heterocycles. The predicted octanol–water partition coefficient (Wildman–Crippen LogP) is 5.06. The Labute approximate surface area is 240 Å². The first-order valence-corrected chi connectivity index (χ1v) is 14.9. The highest BCUT2D eigenvalue weighted by Gasteiger charge is 2.41. The molecule has 3 aliphatic heterocycles. The summed E-state index contributed by atoms with van der Waals surface area (Å²) in [5.41, 5.74) is 3.67. The summed E-state index contributed by atoms with van der Waals surface area (Å²) in [4.78, 5) is 43.0. The van der Waals surface area contributed by atoms with Crippen LogP contribution in [-0.2, 0) is 14.4 Å². The third kappa shape index (κ3) is 5.94. The second-order valence-electron chi connectivity index (χ2n) is 12.1. The van der Waals surface area contributed by atoms with Gasteiger partial charge in [-0.3, -0.25) is 14.4 Å². The number of rotatable bonds is 5. The van der Waals surface area contributed by atoms with Crippen LogP contribution in [-0.4, -0.2) is 65.9 Å². The lowest BCUT2D eigenvalue weighted by Crippen LogP contribution is -2.46. The second kappa shape index (κ2) is 11.4. The van der Waals surface area contributed by atoms with Gasteiger partial charge in [-0.1, -0.05) is 50.6 Å². The zero-order valence-electron chi connectivity index (χ0n) is 23.6. The first-order valence-electron chi connectivity index (χ1n) is 14.0. The Bertz CT molecular complexity index is 1310. The molecule has 40 heavy (non-hydrogen) atoms. The monoisotopic (exact) mass is 566 g/mol. The summed E-state index contributed by atoms with van der Waals surface area (Å²) in [7, 11) is 0. The van der Waals surface area contributed by atoms with Crippen LogP contribution in [0.1, 0.15) is 62.0 Å². The summed E-state index contributed by atoms with van der Waals surface area (Å²) < 4.78 is 12.0. The average Bonchev–Trinajstić information content (AvgIpc) is 3.02. The van der Waals surface area contributed by atoms with Gasteiger partial charge in [-0.15, -0.1) is 11.8 Å². The molecule has 3 atom stereocenters. The van der Waals surface area contributed by atoms with Gasteiger partial charge in [-0.2, -0.15) is 0 Å². The van der Waals surface area contributed by atoms with Crippen molar-refractivity contribution in [2.24, 2.45) is 11.3 Å². The van der Waals surface area contributed by atoms with Gasteiger partial charge in [0.05, 0.1) is 16.4 Å². The molecule has 3 heterocycles. The fraction of sp³-hybridized carbons (Fsp3) is 0.516. The molecule has 1 saturated heterocycles. The molecule has 8 nitrogen and oxygen atoms in total. The van der Waals surface area contributed by atoms with Gasteiger partial charge < -0.3 is 24.4 Å². The molecule has 3 aliphatic rings. The fourth-order valence-electron chi connectivity index (χ4n) is 5.73. The molecular weight excluding hydrogens is 528 g/mol. The van der Waals surface area contributed by atoms with Crippen molar-refractivity contribution in [1.82, 2.24) is 4.90 Å². The summed E-state index contributed by atoms with van der Waals surface area (Å²) in [5.74, 6) is -0.365. The first-order chi connectivity index (χ1) is 19.0. The Kier molecular flexibility index (Phi) is 8.04. The fourth-order valence-corrected chi connectivity index (χ4v) is 7.21. The highest BCUT2D eigenvalue weighted by Crippen LogP contribution is 2.52. The third-order valence-electron chi connectivity index (χ3n) is 7.59. The van der Waals surface area contributed by atoms with Crippen LogP contribution in [0.25, 0.3) is 0 Å². The van der Waals surface area contributed by atoms with E-state index >= 15 is 0 Å². The van der Waals surface area contributed by atoms with E-state index in [9.17, 15) is 19.5 Å². The topological polar surface area (TPSA) is 96.4 Å². The molecule has 1 N–H and O–H groups in total. The van der Waals surface area contributed by atoms with Gasteiger partial charge in [0, 0.05) is 37.3 Å². The quantitative estimate of drug-likeness (QED) is 0.540. The van der Waals surface area contributed by atoms with Gasteiger partial charge in [0.2, 0.25) is 11.8 Å². The maximum Gasteiger partial charge on any atom is 0.308 e. The molecule has 1 unspecified atom stereocenters. The van der Waals surface area contributed by atoms with E-state index in [1.54, 1.807) is 4.90 Å². The van der Waals surface area contributed by atoms with Gasteiger partial charge in [0.25, 0.3) is 0 Å². The number of piperidine rings is 1. The summed E-state index contributed by atoms with van der Waals surface area (Å²) in [6.45, 7) is 10.5. The van der Waals surface area contributed by atoms with Crippen molar-refractivity contribution in [3.8, 4) is 11.5 Å². The van der Waals surface area contributed by atoms with E-state index in [1.807, 2.05) is 42.2 Å². The number of benzene rings is 2. The number of aliphatic carboxylic acids is 1. The molecule has 0 bridgehead atoms. The Morgan fingerprint density at radius 1 is 1.10 bits per heavy atom. The number of likely N-dealkylation sites (tertiary alicyclic amines) is 1. The number of anilines is 1. The van der Waals surface area contributed by atoms with E-state index in [0.717, 1.165) is 22.4 Å². The summed E-state index contributed by atoms with van der Waals surface area (Å²) in [6, 6.07) is 12.0. The molecule has 2 amide bonds. The lowest BCUT2D eigenvalue weighted by atomic mass is 9.93. The maximum atomic E-state index is 14.3. The number of carboxylic acids is 1. The van der Waals surface area contributed by atoms with Crippen LogP contribution >= 0.6 is 11.8 Å². The molecule has 1 fully saturated rings. The van der Waals surface area contributed by atoms with Crippen molar-refractivity contribution < 1.29 is 29.0 Å². The summed E-state index contributed by atoms with van der Waals surface area (Å²) >= 11 is 1.48. The van der Waals surface area contributed by atoms with Gasteiger partial charge in [-0.25, -0.2) is 0 Å². The van der Waals surface area contributed by atoms with Crippen LogP contribution < -0.4 is 14.4 Å². The number of fused-ring (bicyclic) bond motifs is 2. The Morgan fingerprint density at radius 3 is 2.62 bits per heavy atom. The predicted molar refractivity (Wildman–Crippen MR) is 155 cm³/mol. The third-order valence-corrected chi connectivity index (χ3v) is 9.07. The van der Waals surface area contributed by atoms with Gasteiger partial charge in [-0.05, 0) is 42.9 Å². The van der Waals surface area contributed by atoms with Crippen LogP contribution in [0.3, 0.4) is 0 Å². The second-order valence-corrected chi connectivity index (χ2v) is 13.5. The normalized spacial score (nSPS) is 22.9. The van der Waals surface area contributed by atoms with Crippen LogP contribution in [0.4, 0.5) is 5.69 Å². The molecule has 2 aromatic carbocycles. The standard InChI is InChI=1S/C31H38N2O6S/c1-19-10-11-23-22(15-19)28(21-8-5-9-24-27(21)39-14-13-38-24)40-25(29(35)33(23)18-31(2,3)4)16-26(34)32-12-6-7-20(17-32)30(36)37/h5,8-11,15,20,25,28H,6-7,12-14,16-18H2,1-4H3,(H,36,37)/t20?,25-,28-/m0/s1. The highest BCUT2D eigenvalue weighted by molar-refractivity contribution is 8.01. The number of ether oxygens (including phenoxy) is 2. The van der Waals surface area contributed by atoms with Gasteiger partial charge in [0.15, 0.2) is 11.5 Å². The largest absolute Gasteiger partial charge is 0.486 e. The molecule has 0 saturated carbocycles. The number of carboxylic acid groups (broad SMARTS) is 1. The minimum Gasteiger partial charge on any atom is -0.486 e. The molecule has 5 rings (SSSR count). The lowest BCUT2D eigenvalue weighted by Gasteiger charge is -2.33. The Morgan fingerprint density at radius 2 is 1.88 bits per heavy atom. The van der Waals surface area contributed by atoms with Crippen LogP contribution in [0.2, 0.25) is 0 Å². The van der Waals surface area contributed by atoms with E-state index in [-0.39, 0.29) is 35.4 Å². The summed E-state index contributed by atoms with van der Waals surface area (Å²) in [5, 5.41) is 8.61. The van der Waals surface area contributed by atoms with Gasteiger partial charge in [0.1, 0.15) is 13.2 Å². The molecule has 0 radical (unpaired) electrons. The van der Waals surface area contributed by atoms with Crippen molar-refractivity contribution in [3.05, 3.63) is 53.1 Å². The Hall–Kier alpha value is -3.20. The van der Waals surface area contributed by atoms with E-state index in [2.05, 4.69) is 26.8 Å². The number of hydrogen-bond acceptors (Lipinski definition) is 6. The number of para-hydroxylation sites is 1. The van der Waals surface area contributed by atoms with Crippen LogP contribution in [0.15, 0.2) is 36.4 Å². The van der Waals surface area contributed by atoms with Crippen molar-refractivity contribution in [3.63, 3.8) is 0 Å². The molecule has 0 spiro atoms. The number of thioether (sulfide) groups is 1. The lowest BCUT2D eigenvalue weighted by molar-refractivity contribution is -0.146. The van der Waals surface area contributed by atoms with Crippen molar-refractivity contribution in [2.75, 3.05) is 37.7 Å². The molecule has 2 aromatic rings. The number of carbonyl (C=O) groups is 3. The number of aryl methyl sites for hydroxylation is 1. The number of amides is 2. The highest BCUT2D eigenvalue weighted by atomic mass is 32.2. The van der Waals surface area contributed by atoms with Crippen molar-refractivity contribution in [1.29, 1.82) is 0 Å². The Balaban J connectivity index is 1.56. The minimum atomic E-state index is -0.879. The number of carbonyl (C=O) groups excluding carboxylic acids is 2. The van der Waals surface area contributed by atoms with E-state index in [1.165, 1.54) is 11.8 Å². The number of nitrogens with zero attached hydrogens (tertiary/aromatic N) is 2. The van der Waals surface area contributed by atoms with Crippen molar-refractivity contribution in [2.45, 2.75) is 57.5 Å². The van der Waals surface area contributed by atoms with Crippen LogP contribution in [0.5, 0.6) is 11.5 Å². The van der Waals surface area contributed by atoms with Crippen LogP contribution in [0, 0.1) is 18.3 Å². The first kappa shape index (κ1) is 28.3. The maximum absolute atomic E-state index is 14.3. The molecular formula is C31H38N2O6S. The zero-order valence-corrected chi connectivity index (χ0v) is 24.5. The van der Waals surface area contributed by atoms with Crippen molar-refractivity contribution >= 4 is 35.2 Å². The smallest absolute Gasteiger partial charge is 0.308 e. The van der Waals surface area contributed by atoms with E-state index < -0.39 is 17.1 Å². The van der Waals surface area contributed by atoms with Gasteiger partial charge >= 0.3 is 5.97 Å². The van der Waals surface area contributed by atoms with E-state index in [4.69, 9.17) is 9.47 Å². The summed E-state index contributed by atoms with van der Waals surface area (Å²) in [6.07, 6.45) is 1.21. The molecule has 214 valence electrons. The number of hydrogen-bond donors (Lipinski definition) is 1. The molecule has 0 aliphatic carbocycles. The SMILES string of the molecule is Cc1ccc2c(c1)[C@H](c1cccc3c1OCCO3)S[C@@H](CC(=O)N1CCCC(C(=O)O)C1)C(=O)N2CC(C)(C)C. The average molecular weight is 567 g/mol. The van der Waals surface area contributed by atoms with E-state index in [0.29, 0.717) is 50.6 Å². The molecule has 9 heteroatoms. The minimum absolute atomic E-state index is 0.00628.